The first-order valence-corrected chi connectivity index (χ1v) is 4.02. The molecule has 9 heavy (non-hydrogen) atoms. The molecule has 0 atom stereocenters. The van der Waals surface area contributed by atoms with Crippen LogP contribution in [0.15, 0.2) is 12.7 Å². The Bertz CT molecular complexity index is 104. The van der Waals surface area contributed by atoms with E-state index in [0.717, 1.165) is 25.0 Å². The van der Waals surface area contributed by atoms with Gasteiger partial charge in [0.15, 0.2) is 0 Å². The van der Waals surface area contributed by atoms with E-state index in [1.165, 1.54) is 11.8 Å². The molecule has 0 aromatic rings. The molecule has 0 aromatic heterocycles. The second-order valence-electron chi connectivity index (χ2n) is 1.72. The fraction of sp³-hybridized carbons (Fsp3) is 0.571. The van der Waals surface area contributed by atoms with Crippen molar-refractivity contribution in [3.05, 3.63) is 12.7 Å². The molecule has 0 aliphatic rings. The van der Waals surface area contributed by atoms with Crippen molar-refractivity contribution in [3.8, 4) is 5.40 Å². The third-order valence-corrected chi connectivity index (χ3v) is 1.59. The van der Waals surface area contributed by atoms with Crippen LogP contribution >= 0.6 is 11.8 Å². The van der Waals surface area contributed by atoms with Crippen LogP contribution in [0.4, 0.5) is 0 Å². The number of nitriles is 1. The van der Waals surface area contributed by atoms with E-state index in [2.05, 4.69) is 6.58 Å². The number of thioether (sulfide) groups is 1. The summed E-state index contributed by atoms with van der Waals surface area (Å²) >= 11 is 1.33. The fourth-order valence-corrected chi connectivity index (χ4v) is 0.948. The number of hydrogen-bond donors (Lipinski definition) is 0. The molecule has 0 amide bonds. The Morgan fingerprint density at radius 1 is 1.56 bits per heavy atom. The summed E-state index contributed by atoms with van der Waals surface area (Å²) < 4.78 is 0. The highest BCUT2D eigenvalue weighted by molar-refractivity contribution is 8.03. The minimum absolute atomic E-state index is 0.963. The van der Waals surface area contributed by atoms with E-state index in [0.29, 0.717) is 0 Å². The van der Waals surface area contributed by atoms with Gasteiger partial charge in [-0.3, -0.25) is 0 Å². The second kappa shape index (κ2) is 7.58. The highest BCUT2D eigenvalue weighted by Crippen LogP contribution is 2.03. The first kappa shape index (κ1) is 8.58. The molecule has 0 saturated heterocycles. The Balaban J connectivity index is 2.76. The lowest BCUT2D eigenvalue weighted by atomic mass is 10.2. The predicted molar refractivity (Wildman–Crippen MR) is 42.1 cm³/mol. The standard InChI is InChI=1S/C7H11NS/c1-2-3-4-5-6-9-7-8/h2H,1,3-6H2. The zero-order valence-electron chi connectivity index (χ0n) is 5.47. The van der Waals surface area contributed by atoms with E-state index in [1.54, 1.807) is 0 Å². The van der Waals surface area contributed by atoms with Crippen molar-refractivity contribution in [3.63, 3.8) is 0 Å². The largest absolute Gasteiger partial charge is 0.185 e. The minimum Gasteiger partial charge on any atom is -0.185 e. The molecule has 2 heteroatoms. The SMILES string of the molecule is C=CCCCCSC#N. The smallest absolute Gasteiger partial charge is 0.133 e. The van der Waals surface area contributed by atoms with Crippen LogP contribution in [0.1, 0.15) is 19.3 Å². The fourth-order valence-electron chi connectivity index (χ4n) is 0.509. The Hall–Kier alpha value is -0.420. The molecule has 0 heterocycles. The average Bonchev–Trinajstić information content (AvgIpc) is 1.89. The Morgan fingerprint density at radius 3 is 2.89 bits per heavy atom. The lowest BCUT2D eigenvalue weighted by molar-refractivity contribution is 0.825. The molecule has 50 valence electrons. The van der Waals surface area contributed by atoms with Gasteiger partial charge in [-0.15, -0.1) is 6.58 Å². The molecule has 0 radical (unpaired) electrons. The number of rotatable bonds is 5. The molecule has 0 saturated carbocycles. The molecule has 0 aliphatic carbocycles. The summed E-state index contributed by atoms with van der Waals surface area (Å²) in [5.41, 5.74) is 0. The maximum Gasteiger partial charge on any atom is 0.133 e. The quantitative estimate of drug-likeness (QED) is 0.334. The van der Waals surface area contributed by atoms with Crippen LogP contribution in [0.25, 0.3) is 0 Å². The lowest BCUT2D eigenvalue weighted by Crippen LogP contribution is -1.76. The molecule has 0 unspecified atom stereocenters. The Kier molecular flexibility index (Phi) is 7.23. The second-order valence-corrected chi connectivity index (χ2v) is 2.60. The Morgan fingerprint density at radius 2 is 2.33 bits per heavy atom. The highest BCUT2D eigenvalue weighted by atomic mass is 32.2. The van der Waals surface area contributed by atoms with Crippen LogP contribution < -0.4 is 0 Å². The van der Waals surface area contributed by atoms with Gasteiger partial charge >= 0.3 is 0 Å². The summed E-state index contributed by atoms with van der Waals surface area (Å²) in [6.45, 7) is 3.61. The van der Waals surface area contributed by atoms with Gasteiger partial charge in [-0.05, 0) is 31.0 Å². The summed E-state index contributed by atoms with van der Waals surface area (Å²) in [6, 6.07) is 0. The lowest BCUT2D eigenvalue weighted by Gasteiger charge is -1.90. The third-order valence-electron chi connectivity index (χ3n) is 0.969. The molecule has 0 rings (SSSR count). The van der Waals surface area contributed by atoms with Gasteiger partial charge in [0, 0.05) is 5.75 Å². The van der Waals surface area contributed by atoms with Crippen LogP contribution in [0.5, 0.6) is 0 Å². The van der Waals surface area contributed by atoms with Gasteiger partial charge in [-0.2, -0.15) is 5.26 Å². The zero-order valence-corrected chi connectivity index (χ0v) is 6.28. The predicted octanol–water partition coefficient (Wildman–Crippen LogP) is 2.56. The molecule has 0 spiro atoms. The summed E-state index contributed by atoms with van der Waals surface area (Å²) in [5, 5.41) is 10.2. The summed E-state index contributed by atoms with van der Waals surface area (Å²) in [6.07, 6.45) is 5.28. The van der Waals surface area contributed by atoms with Crippen molar-refractivity contribution in [2.24, 2.45) is 0 Å². The molecular formula is C7H11NS. The van der Waals surface area contributed by atoms with Crippen LogP contribution in [-0.4, -0.2) is 5.75 Å². The average molecular weight is 141 g/mol. The number of nitrogens with zero attached hydrogens (tertiary/aromatic N) is 1. The number of hydrogen-bond acceptors (Lipinski definition) is 2. The van der Waals surface area contributed by atoms with Gasteiger partial charge in [0.1, 0.15) is 5.40 Å². The van der Waals surface area contributed by atoms with Crippen molar-refractivity contribution < 1.29 is 0 Å². The third kappa shape index (κ3) is 7.58. The van der Waals surface area contributed by atoms with Crippen molar-refractivity contribution >= 4 is 11.8 Å². The van der Waals surface area contributed by atoms with Crippen molar-refractivity contribution in [1.29, 1.82) is 5.26 Å². The summed E-state index contributed by atoms with van der Waals surface area (Å²) in [5.74, 6) is 0.963. The first-order chi connectivity index (χ1) is 4.41. The van der Waals surface area contributed by atoms with Gasteiger partial charge < -0.3 is 0 Å². The van der Waals surface area contributed by atoms with Crippen LogP contribution in [-0.2, 0) is 0 Å². The molecule has 0 N–H and O–H groups in total. The molecule has 0 aliphatic heterocycles. The highest BCUT2D eigenvalue weighted by Gasteiger charge is 1.84. The summed E-state index contributed by atoms with van der Waals surface area (Å²) in [4.78, 5) is 0. The van der Waals surface area contributed by atoms with Crippen LogP contribution in [0.3, 0.4) is 0 Å². The van der Waals surface area contributed by atoms with Crippen molar-refractivity contribution in [2.45, 2.75) is 19.3 Å². The number of allylic oxidation sites excluding steroid dienone is 1. The Labute approximate surface area is 60.8 Å². The normalized spacial score (nSPS) is 8.33. The van der Waals surface area contributed by atoms with E-state index >= 15 is 0 Å². The monoisotopic (exact) mass is 141 g/mol. The van der Waals surface area contributed by atoms with Gasteiger partial charge in [0.2, 0.25) is 0 Å². The number of unbranched alkanes of at least 4 members (excludes halogenated alkanes) is 2. The van der Waals surface area contributed by atoms with Crippen LogP contribution in [0, 0.1) is 10.7 Å². The van der Waals surface area contributed by atoms with Gasteiger partial charge in [0.25, 0.3) is 0 Å². The molecule has 1 nitrogen and oxygen atoms in total. The van der Waals surface area contributed by atoms with E-state index in [4.69, 9.17) is 5.26 Å². The molecule has 0 fully saturated rings. The molecule has 0 bridgehead atoms. The maximum absolute atomic E-state index is 8.12. The van der Waals surface area contributed by atoms with E-state index < -0.39 is 0 Å². The van der Waals surface area contributed by atoms with Gasteiger partial charge in [0.05, 0.1) is 0 Å². The van der Waals surface area contributed by atoms with Gasteiger partial charge in [-0.1, -0.05) is 6.08 Å². The van der Waals surface area contributed by atoms with Crippen molar-refractivity contribution in [2.75, 3.05) is 5.75 Å². The van der Waals surface area contributed by atoms with Crippen LogP contribution in [0.2, 0.25) is 0 Å². The molecular weight excluding hydrogens is 130 g/mol. The van der Waals surface area contributed by atoms with E-state index in [1.807, 2.05) is 11.5 Å². The minimum atomic E-state index is 0.963. The topological polar surface area (TPSA) is 23.8 Å². The first-order valence-electron chi connectivity index (χ1n) is 3.03. The maximum atomic E-state index is 8.12. The van der Waals surface area contributed by atoms with Crippen molar-refractivity contribution in [1.82, 2.24) is 0 Å². The van der Waals surface area contributed by atoms with E-state index in [-0.39, 0.29) is 0 Å². The molecule has 0 aromatic carbocycles. The summed E-state index contributed by atoms with van der Waals surface area (Å²) in [7, 11) is 0. The zero-order chi connectivity index (χ0) is 6.95. The number of thiocyanates is 1. The van der Waals surface area contributed by atoms with E-state index in [9.17, 15) is 0 Å². The van der Waals surface area contributed by atoms with Gasteiger partial charge in [-0.25, -0.2) is 0 Å².